The normalized spacial score (nSPS) is 16.1. The quantitative estimate of drug-likeness (QED) is 0.779. The number of carbonyl (C=O) groups excluding carboxylic acids is 1. The van der Waals surface area contributed by atoms with Gasteiger partial charge in [0.05, 0.1) is 12.7 Å². The van der Waals surface area contributed by atoms with Crippen molar-refractivity contribution in [2.45, 2.75) is 19.4 Å². The second-order valence-electron chi connectivity index (χ2n) is 5.78. The summed E-state index contributed by atoms with van der Waals surface area (Å²) in [7, 11) is 1.64. The third-order valence-corrected chi connectivity index (χ3v) is 3.86. The number of carbonyl (C=O) groups is 1. The van der Waals surface area contributed by atoms with Crippen LogP contribution in [0.2, 0.25) is 0 Å². The van der Waals surface area contributed by atoms with E-state index in [1.165, 1.54) is 0 Å². The monoisotopic (exact) mass is 294 g/mol. The Morgan fingerprint density at radius 3 is 2.59 bits per heavy atom. The van der Waals surface area contributed by atoms with E-state index in [4.69, 9.17) is 9.47 Å². The van der Waals surface area contributed by atoms with Gasteiger partial charge in [0.15, 0.2) is 0 Å². The number of methoxy groups -OCH3 is 1. The lowest BCUT2D eigenvalue weighted by Crippen LogP contribution is -2.28. The molecule has 0 amide bonds. The molecule has 0 saturated carbocycles. The molecule has 112 valence electrons. The van der Waals surface area contributed by atoms with Gasteiger partial charge in [-0.3, -0.25) is 0 Å². The number of benzene rings is 2. The van der Waals surface area contributed by atoms with Crippen LogP contribution < -0.4 is 4.74 Å². The number of rotatable bonds is 2. The van der Waals surface area contributed by atoms with Gasteiger partial charge in [-0.1, -0.05) is 30.3 Å². The van der Waals surface area contributed by atoms with Gasteiger partial charge in [0.25, 0.3) is 0 Å². The first-order valence-corrected chi connectivity index (χ1v) is 7.20. The highest BCUT2D eigenvalue weighted by molar-refractivity contribution is 6.00. The van der Waals surface area contributed by atoms with Crippen molar-refractivity contribution in [2.75, 3.05) is 7.11 Å². The zero-order valence-electron chi connectivity index (χ0n) is 12.9. The Morgan fingerprint density at radius 1 is 1.05 bits per heavy atom. The molecule has 3 nitrogen and oxygen atoms in total. The van der Waals surface area contributed by atoms with Crippen molar-refractivity contribution in [1.29, 1.82) is 0 Å². The second kappa shape index (κ2) is 5.34. The van der Waals surface area contributed by atoms with Crippen LogP contribution >= 0.6 is 0 Å². The van der Waals surface area contributed by atoms with Crippen molar-refractivity contribution >= 4 is 17.6 Å². The van der Waals surface area contributed by atoms with Gasteiger partial charge < -0.3 is 9.47 Å². The van der Waals surface area contributed by atoms with Crippen LogP contribution in [0.1, 0.15) is 35.3 Å². The van der Waals surface area contributed by atoms with Gasteiger partial charge >= 0.3 is 5.97 Å². The maximum absolute atomic E-state index is 12.3. The first-order valence-electron chi connectivity index (χ1n) is 7.20. The third-order valence-electron chi connectivity index (χ3n) is 3.86. The lowest BCUT2D eigenvalue weighted by molar-refractivity contribution is 0.0212. The maximum Gasteiger partial charge on any atom is 0.339 e. The highest BCUT2D eigenvalue weighted by Gasteiger charge is 2.33. The highest BCUT2D eigenvalue weighted by Crippen LogP contribution is 2.37. The van der Waals surface area contributed by atoms with E-state index in [1.807, 2.05) is 62.4 Å². The molecule has 1 aliphatic rings. The number of fused-ring (bicyclic) bond motifs is 1. The Morgan fingerprint density at radius 2 is 1.82 bits per heavy atom. The van der Waals surface area contributed by atoms with Crippen molar-refractivity contribution in [3.63, 3.8) is 0 Å². The Balaban J connectivity index is 2.19. The van der Waals surface area contributed by atoms with Crippen molar-refractivity contribution in [1.82, 2.24) is 0 Å². The summed E-state index contributed by atoms with van der Waals surface area (Å²) in [5.74, 6) is 0.479. The van der Waals surface area contributed by atoms with Crippen LogP contribution in [0.4, 0.5) is 0 Å². The van der Waals surface area contributed by atoms with Crippen LogP contribution in [-0.4, -0.2) is 18.7 Å². The molecule has 0 atom stereocenters. The maximum atomic E-state index is 12.3. The van der Waals surface area contributed by atoms with Gasteiger partial charge in [-0.25, -0.2) is 4.79 Å². The lowest BCUT2D eigenvalue weighted by atomic mass is 9.89. The highest BCUT2D eigenvalue weighted by atomic mass is 16.6. The average Bonchev–Trinajstić information content (AvgIpc) is 2.61. The minimum Gasteiger partial charge on any atom is -0.497 e. The summed E-state index contributed by atoms with van der Waals surface area (Å²) in [5.41, 5.74) is 2.67. The molecule has 0 radical (unpaired) electrons. The van der Waals surface area contributed by atoms with E-state index in [-0.39, 0.29) is 5.97 Å². The van der Waals surface area contributed by atoms with Gasteiger partial charge in [0.1, 0.15) is 11.4 Å². The summed E-state index contributed by atoms with van der Waals surface area (Å²) >= 11 is 0. The molecule has 0 aromatic heterocycles. The molecule has 3 rings (SSSR count). The Hall–Kier alpha value is -2.55. The van der Waals surface area contributed by atoms with Crippen molar-refractivity contribution in [3.8, 4) is 5.75 Å². The van der Waals surface area contributed by atoms with E-state index in [0.29, 0.717) is 5.56 Å². The summed E-state index contributed by atoms with van der Waals surface area (Å²) in [5, 5.41) is 0. The number of ether oxygens (including phenoxy) is 2. The Bertz CT molecular complexity index is 757. The predicted octanol–water partition coefficient (Wildman–Crippen LogP) is 4.18. The number of esters is 1. The molecule has 3 heteroatoms. The van der Waals surface area contributed by atoms with Crippen LogP contribution in [0.25, 0.3) is 11.6 Å². The Kier molecular flexibility index (Phi) is 3.49. The lowest BCUT2D eigenvalue weighted by Gasteiger charge is -2.27. The summed E-state index contributed by atoms with van der Waals surface area (Å²) in [4.78, 5) is 12.3. The first-order chi connectivity index (χ1) is 10.5. The molecule has 2 aromatic carbocycles. The van der Waals surface area contributed by atoms with E-state index in [0.717, 1.165) is 22.4 Å². The predicted molar refractivity (Wildman–Crippen MR) is 86.8 cm³/mol. The molecule has 0 fully saturated rings. The van der Waals surface area contributed by atoms with Crippen molar-refractivity contribution in [3.05, 3.63) is 65.2 Å². The number of hydrogen-bond donors (Lipinski definition) is 0. The molecule has 1 heterocycles. The fourth-order valence-electron chi connectivity index (χ4n) is 2.70. The van der Waals surface area contributed by atoms with Crippen molar-refractivity contribution in [2.24, 2.45) is 0 Å². The molecule has 0 aliphatic carbocycles. The molecule has 0 unspecified atom stereocenters. The molecule has 1 aliphatic heterocycles. The molecule has 0 saturated heterocycles. The third kappa shape index (κ3) is 2.50. The number of hydrogen-bond acceptors (Lipinski definition) is 3. The van der Waals surface area contributed by atoms with Gasteiger partial charge in [-0.05, 0) is 49.2 Å². The second-order valence-corrected chi connectivity index (χ2v) is 5.78. The fraction of sp³-hybridized carbons (Fsp3) is 0.211. The van der Waals surface area contributed by atoms with Crippen LogP contribution in [0.15, 0.2) is 48.5 Å². The van der Waals surface area contributed by atoms with Crippen LogP contribution in [0.3, 0.4) is 0 Å². The minimum absolute atomic E-state index is 0.297. The first kappa shape index (κ1) is 14.4. The smallest absolute Gasteiger partial charge is 0.339 e. The summed E-state index contributed by atoms with van der Waals surface area (Å²) in [6.45, 7) is 3.81. The molecule has 22 heavy (non-hydrogen) atoms. The van der Waals surface area contributed by atoms with E-state index in [2.05, 4.69) is 0 Å². The van der Waals surface area contributed by atoms with E-state index < -0.39 is 5.60 Å². The molecule has 0 N–H and O–H groups in total. The standard InChI is InChI=1S/C19H18O3/c1-19(2)17(14-8-6-9-15(11-14)21-3)12-13-7-4-5-10-16(13)18(20)22-19/h4-12H,1-3H3. The molecular weight excluding hydrogens is 276 g/mol. The summed E-state index contributed by atoms with van der Waals surface area (Å²) in [6, 6.07) is 15.3. The molecule has 0 spiro atoms. The zero-order chi connectivity index (χ0) is 15.7. The van der Waals surface area contributed by atoms with Crippen LogP contribution in [0.5, 0.6) is 5.75 Å². The zero-order valence-corrected chi connectivity index (χ0v) is 12.9. The topological polar surface area (TPSA) is 35.5 Å². The summed E-state index contributed by atoms with van der Waals surface area (Å²) < 4.78 is 11.0. The Labute approximate surface area is 130 Å². The van der Waals surface area contributed by atoms with Gasteiger partial charge in [-0.15, -0.1) is 0 Å². The van der Waals surface area contributed by atoms with E-state index >= 15 is 0 Å². The fourth-order valence-corrected chi connectivity index (χ4v) is 2.70. The average molecular weight is 294 g/mol. The van der Waals surface area contributed by atoms with E-state index in [9.17, 15) is 4.79 Å². The van der Waals surface area contributed by atoms with Gasteiger partial charge in [0.2, 0.25) is 0 Å². The van der Waals surface area contributed by atoms with Gasteiger partial charge in [-0.2, -0.15) is 0 Å². The van der Waals surface area contributed by atoms with Crippen LogP contribution in [-0.2, 0) is 4.74 Å². The summed E-state index contributed by atoms with van der Waals surface area (Å²) in [6.07, 6.45) is 2.02. The molecular formula is C19H18O3. The van der Waals surface area contributed by atoms with Gasteiger partial charge in [0, 0.05) is 5.57 Å². The SMILES string of the molecule is COc1cccc(C2=Cc3ccccc3C(=O)OC2(C)C)c1. The minimum atomic E-state index is -0.720. The molecule has 0 bridgehead atoms. The largest absolute Gasteiger partial charge is 0.497 e. The number of cyclic esters (lactones) is 1. The molecule has 2 aromatic rings. The van der Waals surface area contributed by atoms with Crippen LogP contribution in [0, 0.1) is 0 Å². The van der Waals surface area contributed by atoms with E-state index in [1.54, 1.807) is 13.2 Å². The van der Waals surface area contributed by atoms with Crippen molar-refractivity contribution < 1.29 is 14.3 Å².